The first-order valence-electron chi connectivity index (χ1n) is 8.92. The first-order chi connectivity index (χ1) is 14.6. The van der Waals surface area contributed by atoms with Crippen LogP contribution in [0.4, 0.5) is 13.2 Å². The third-order valence-electron chi connectivity index (χ3n) is 4.19. The third kappa shape index (κ3) is 6.37. The number of allylic oxidation sites excluding steroid dienone is 3. The van der Waals surface area contributed by atoms with Gasteiger partial charge in [0.2, 0.25) is 11.7 Å². The molecule has 1 heterocycles. The molecule has 13 heteroatoms. The molecule has 168 valence electrons. The van der Waals surface area contributed by atoms with Gasteiger partial charge in [0.05, 0.1) is 13.2 Å². The van der Waals surface area contributed by atoms with E-state index < -0.39 is 35.6 Å². The van der Waals surface area contributed by atoms with Crippen LogP contribution in [0.15, 0.2) is 50.9 Å². The Bertz CT molecular complexity index is 1080. The Kier molecular flexibility index (Phi) is 7.17. The summed E-state index contributed by atoms with van der Waals surface area (Å²) in [6.07, 6.45) is -0.703. The zero-order chi connectivity index (χ0) is 22.6. The summed E-state index contributed by atoms with van der Waals surface area (Å²) < 4.78 is 70.6. The number of hydrogen-bond donors (Lipinski definition) is 2. The van der Waals surface area contributed by atoms with Crippen molar-refractivity contribution in [2.45, 2.75) is 31.9 Å². The van der Waals surface area contributed by atoms with E-state index in [1.807, 2.05) is 0 Å². The Hall–Kier alpha value is -2.25. The quantitative estimate of drug-likeness (QED) is 0.556. The van der Waals surface area contributed by atoms with Crippen molar-refractivity contribution in [2.24, 2.45) is 0 Å². The molecular weight excluding hydrogens is 463 g/mol. The number of rotatable bonds is 8. The lowest BCUT2D eigenvalue weighted by atomic mass is 10.1. The van der Waals surface area contributed by atoms with Gasteiger partial charge in [0, 0.05) is 10.6 Å². The Morgan fingerprint density at radius 3 is 2.68 bits per heavy atom. The second-order valence-electron chi connectivity index (χ2n) is 6.50. The van der Waals surface area contributed by atoms with Gasteiger partial charge in [-0.25, -0.2) is 4.21 Å². The maximum absolute atomic E-state index is 12.7. The van der Waals surface area contributed by atoms with Gasteiger partial charge < -0.3 is 9.63 Å². The third-order valence-corrected chi connectivity index (χ3v) is 6.01. The zero-order valence-electron chi connectivity index (χ0n) is 15.8. The van der Waals surface area contributed by atoms with E-state index in [0.717, 1.165) is 0 Å². The average Bonchev–Trinajstić information content (AvgIpc) is 3.20. The van der Waals surface area contributed by atoms with E-state index >= 15 is 0 Å². The van der Waals surface area contributed by atoms with Crippen LogP contribution in [-0.2, 0) is 21.4 Å². The van der Waals surface area contributed by atoms with Gasteiger partial charge in [-0.1, -0.05) is 47.1 Å². The standard InChI is InChI=1S/C18H17ClF3N3O5S/c19-13-2-1-3-14(8-13)31(27,28)25-15(9-26)17-23-16(24-30-17)12-6-4-11(5-7-12)10-29-18(20,21)22/h3-8,15,26H,1-2,9-10H2,(H,25,27,28)/p+1. The van der Waals surface area contributed by atoms with E-state index in [1.54, 1.807) is 6.08 Å². The lowest BCUT2D eigenvalue weighted by Crippen LogP contribution is -2.31. The number of hydrogen-bond acceptors (Lipinski definition) is 6. The van der Waals surface area contributed by atoms with Gasteiger partial charge in [-0.3, -0.25) is 4.74 Å². The first kappa shape index (κ1) is 23.4. The average molecular weight is 481 g/mol. The van der Waals surface area contributed by atoms with Crippen molar-refractivity contribution in [1.82, 2.24) is 14.9 Å². The van der Waals surface area contributed by atoms with E-state index in [9.17, 15) is 26.7 Å². The van der Waals surface area contributed by atoms with Gasteiger partial charge in [0.25, 0.3) is 0 Å². The maximum Gasteiger partial charge on any atom is 0.522 e. The summed E-state index contributed by atoms with van der Waals surface area (Å²) in [7, 11) is -3.75. The predicted molar refractivity (Wildman–Crippen MR) is 105 cm³/mol. The fraction of sp³-hybridized carbons (Fsp3) is 0.333. The molecule has 2 aromatic rings. The summed E-state index contributed by atoms with van der Waals surface area (Å²) in [5.41, 5.74) is 0.712. The fourth-order valence-electron chi connectivity index (χ4n) is 2.67. The van der Waals surface area contributed by atoms with Crippen molar-refractivity contribution >= 4 is 21.6 Å². The van der Waals surface area contributed by atoms with Crippen molar-refractivity contribution in [3.05, 3.63) is 57.8 Å². The number of aromatic nitrogens is 2. The monoisotopic (exact) mass is 480 g/mol. The lowest BCUT2D eigenvalue weighted by molar-refractivity contribution is -0.330. The van der Waals surface area contributed by atoms with Gasteiger partial charge in [0.1, 0.15) is 10.9 Å². The Morgan fingerprint density at radius 1 is 1.35 bits per heavy atom. The molecule has 8 nitrogen and oxygen atoms in total. The number of aliphatic hydroxyl groups is 1. The van der Waals surface area contributed by atoms with E-state index in [2.05, 4.69) is 19.6 Å². The van der Waals surface area contributed by atoms with Gasteiger partial charge in [-0.05, 0) is 24.5 Å². The van der Waals surface area contributed by atoms with Crippen LogP contribution in [0.2, 0.25) is 0 Å². The van der Waals surface area contributed by atoms with E-state index in [4.69, 9.17) is 16.1 Å². The number of ether oxygens (including phenoxy) is 1. The maximum atomic E-state index is 12.7. The highest BCUT2D eigenvalue weighted by atomic mass is 35.5. The van der Waals surface area contributed by atoms with Crippen LogP contribution in [-0.4, -0.2) is 36.6 Å². The highest BCUT2D eigenvalue weighted by molar-refractivity contribution is 7.93. The second-order valence-corrected chi connectivity index (χ2v) is 8.75. The summed E-state index contributed by atoms with van der Waals surface area (Å²) in [6.45, 7) is -1.26. The van der Waals surface area contributed by atoms with Crippen molar-refractivity contribution in [3.8, 4) is 11.4 Å². The smallest absolute Gasteiger partial charge is 0.394 e. The van der Waals surface area contributed by atoms with E-state index in [0.29, 0.717) is 23.4 Å². The van der Waals surface area contributed by atoms with Gasteiger partial charge >= 0.3 is 16.4 Å². The minimum absolute atomic E-state index is 0.0820. The molecule has 0 saturated heterocycles. The fourth-order valence-corrected chi connectivity index (χ4v) is 4.30. The van der Waals surface area contributed by atoms with Crippen molar-refractivity contribution in [2.75, 3.05) is 6.61 Å². The SMILES string of the molecule is O=S(=[OH+])(NC(CO)c1nc(-c2ccc(COC(F)(F)F)cc2)no1)C1=CCCC(Cl)=C1. The number of benzene rings is 1. The second kappa shape index (κ2) is 9.49. The van der Waals surface area contributed by atoms with Crippen LogP contribution in [0.25, 0.3) is 11.4 Å². The molecular formula is C18H18ClF3N3O5S+. The lowest BCUT2D eigenvalue weighted by Gasteiger charge is -2.12. The van der Waals surface area contributed by atoms with E-state index in [-0.39, 0.29) is 22.2 Å². The van der Waals surface area contributed by atoms with Crippen LogP contribution in [0.5, 0.6) is 0 Å². The number of alkyl halides is 3. The largest absolute Gasteiger partial charge is 0.522 e. The molecule has 31 heavy (non-hydrogen) atoms. The van der Waals surface area contributed by atoms with Gasteiger partial charge in [-0.2, -0.15) is 13.9 Å². The molecule has 0 amide bonds. The molecule has 3 rings (SSSR count). The van der Waals surface area contributed by atoms with Crippen LogP contribution in [0, 0.1) is 0 Å². The molecule has 0 aliphatic heterocycles. The minimum atomic E-state index is -4.73. The molecule has 0 saturated carbocycles. The van der Waals surface area contributed by atoms with Crippen LogP contribution >= 0.6 is 11.6 Å². The van der Waals surface area contributed by atoms with Crippen LogP contribution < -0.4 is 4.72 Å². The first-order valence-corrected chi connectivity index (χ1v) is 10.8. The highest BCUT2D eigenvalue weighted by Crippen LogP contribution is 2.26. The molecule has 0 radical (unpaired) electrons. The molecule has 3 N–H and O–H groups in total. The molecule has 1 aromatic carbocycles. The normalized spacial score (nSPS) is 17.6. The minimum Gasteiger partial charge on any atom is -0.394 e. The molecule has 2 atom stereocenters. The predicted octanol–water partition coefficient (Wildman–Crippen LogP) is 3.68. The number of halogens is 4. The molecule has 0 fully saturated rings. The Labute approximate surface area is 180 Å². The molecule has 1 aromatic heterocycles. The molecule has 1 aliphatic rings. The zero-order valence-corrected chi connectivity index (χ0v) is 17.4. The summed E-state index contributed by atoms with van der Waals surface area (Å²) in [5, 5.41) is 13.8. The van der Waals surface area contributed by atoms with Crippen LogP contribution in [0.1, 0.15) is 30.3 Å². The Balaban J connectivity index is 1.72. The molecule has 2 unspecified atom stereocenters. The molecule has 0 spiro atoms. The number of aliphatic hydroxyl groups excluding tert-OH is 1. The van der Waals surface area contributed by atoms with Crippen LogP contribution in [0.3, 0.4) is 0 Å². The summed E-state index contributed by atoms with van der Waals surface area (Å²) in [6, 6.07) is 4.61. The van der Waals surface area contributed by atoms with Crippen molar-refractivity contribution in [3.63, 3.8) is 0 Å². The summed E-state index contributed by atoms with van der Waals surface area (Å²) in [5.74, 6) is -0.0574. The number of nitrogens with one attached hydrogen (secondary N) is 1. The summed E-state index contributed by atoms with van der Waals surface area (Å²) >= 11 is 5.93. The summed E-state index contributed by atoms with van der Waals surface area (Å²) in [4.78, 5) is 4.18. The highest BCUT2D eigenvalue weighted by Gasteiger charge is 2.31. The van der Waals surface area contributed by atoms with Crippen molar-refractivity contribution in [1.29, 1.82) is 0 Å². The number of nitrogens with zero attached hydrogens (tertiary/aromatic N) is 2. The topological polar surface area (TPSA) is 119 Å². The Morgan fingerprint density at radius 2 is 2.06 bits per heavy atom. The van der Waals surface area contributed by atoms with Gasteiger partial charge in [0.15, 0.2) is 0 Å². The van der Waals surface area contributed by atoms with Crippen molar-refractivity contribution < 1.29 is 36.0 Å². The molecule has 1 aliphatic carbocycles. The van der Waals surface area contributed by atoms with Gasteiger partial charge in [-0.15, -0.1) is 13.2 Å². The molecule has 0 bridgehead atoms. The van der Waals surface area contributed by atoms with E-state index in [1.165, 1.54) is 30.3 Å².